The fourth-order valence-electron chi connectivity index (χ4n) is 4.11. The van der Waals surface area contributed by atoms with Crippen LogP contribution in [0.2, 0.25) is 0 Å². The molecule has 0 aromatic heterocycles. The van der Waals surface area contributed by atoms with Gasteiger partial charge in [0.2, 0.25) is 5.91 Å². The summed E-state index contributed by atoms with van der Waals surface area (Å²) < 4.78 is 0. The molecule has 2 N–H and O–H groups in total. The van der Waals surface area contributed by atoms with E-state index in [1.54, 1.807) is 0 Å². The maximum Gasteiger partial charge on any atom is 0.225 e. The van der Waals surface area contributed by atoms with Gasteiger partial charge in [-0.3, -0.25) is 14.7 Å². The minimum absolute atomic E-state index is 0. The molecule has 0 aliphatic carbocycles. The van der Waals surface area contributed by atoms with Gasteiger partial charge in [0.1, 0.15) is 0 Å². The van der Waals surface area contributed by atoms with Crippen LogP contribution < -0.4 is 10.6 Å². The van der Waals surface area contributed by atoms with Crippen LogP contribution >= 0.6 is 24.0 Å². The zero-order chi connectivity index (χ0) is 21.1. The van der Waals surface area contributed by atoms with Crippen molar-refractivity contribution in [2.75, 3.05) is 33.2 Å². The normalized spacial score (nSPS) is 16.0. The minimum Gasteiger partial charge on any atom is -0.356 e. The molecule has 0 unspecified atom stereocenters. The van der Waals surface area contributed by atoms with Crippen LogP contribution in [-0.2, 0) is 4.79 Å². The van der Waals surface area contributed by atoms with Gasteiger partial charge in [-0.15, -0.1) is 24.0 Å². The fourth-order valence-corrected chi connectivity index (χ4v) is 4.11. The van der Waals surface area contributed by atoms with E-state index in [4.69, 9.17) is 0 Å². The fraction of sp³-hybridized carbons (Fsp3) is 0.909. The molecule has 0 bridgehead atoms. The largest absolute Gasteiger partial charge is 0.356 e. The van der Waals surface area contributed by atoms with Gasteiger partial charge in [0.25, 0.3) is 0 Å². The van der Waals surface area contributed by atoms with Crippen LogP contribution in [0.3, 0.4) is 0 Å². The molecule has 1 heterocycles. The summed E-state index contributed by atoms with van der Waals surface area (Å²) in [7, 11) is 1.83. The summed E-state index contributed by atoms with van der Waals surface area (Å²) >= 11 is 0. The zero-order valence-corrected chi connectivity index (χ0v) is 22.2. The number of amides is 1. The second-order valence-electron chi connectivity index (χ2n) is 8.54. The average Bonchev–Trinajstić information content (AvgIpc) is 2.67. The molecule has 7 heteroatoms. The van der Waals surface area contributed by atoms with E-state index >= 15 is 0 Å². The first-order chi connectivity index (χ1) is 13.3. The second-order valence-corrected chi connectivity index (χ2v) is 8.54. The number of guanidine groups is 1. The highest BCUT2D eigenvalue weighted by atomic mass is 127. The van der Waals surface area contributed by atoms with E-state index in [2.05, 4.69) is 67.0 Å². The molecule has 0 aromatic rings. The maximum atomic E-state index is 12.5. The molecule has 1 aliphatic heterocycles. The lowest BCUT2D eigenvalue weighted by Gasteiger charge is -2.35. The van der Waals surface area contributed by atoms with Crippen molar-refractivity contribution >= 4 is 35.8 Å². The number of likely N-dealkylation sites (tertiary alicyclic amines) is 1. The van der Waals surface area contributed by atoms with Gasteiger partial charge in [0.15, 0.2) is 5.96 Å². The summed E-state index contributed by atoms with van der Waals surface area (Å²) in [6.45, 7) is 17.0. The van der Waals surface area contributed by atoms with Gasteiger partial charge in [-0.1, -0.05) is 13.8 Å². The molecular weight excluding hydrogens is 477 g/mol. The highest BCUT2D eigenvalue weighted by Gasteiger charge is 2.26. The molecule has 0 atom stereocenters. The first kappa shape index (κ1) is 28.4. The van der Waals surface area contributed by atoms with Gasteiger partial charge < -0.3 is 15.5 Å². The van der Waals surface area contributed by atoms with E-state index in [9.17, 15) is 4.79 Å². The number of hydrogen-bond acceptors (Lipinski definition) is 3. The molecule has 0 spiro atoms. The molecular formula is C22H46IN5O. The Kier molecular flexibility index (Phi) is 15.0. The van der Waals surface area contributed by atoms with Crippen molar-refractivity contribution in [1.29, 1.82) is 0 Å². The van der Waals surface area contributed by atoms with Crippen LogP contribution in [0, 0.1) is 5.92 Å². The summed E-state index contributed by atoms with van der Waals surface area (Å²) in [5.74, 6) is 1.41. The van der Waals surface area contributed by atoms with Crippen LogP contribution in [0.1, 0.15) is 73.6 Å². The molecule has 0 saturated carbocycles. The molecule has 0 radical (unpaired) electrons. The third-order valence-corrected chi connectivity index (χ3v) is 5.92. The van der Waals surface area contributed by atoms with E-state index in [1.165, 1.54) is 0 Å². The Hall–Kier alpha value is -0.570. The van der Waals surface area contributed by atoms with Crippen LogP contribution in [0.5, 0.6) is 0 Å². The summed E-state index contributed by atoms with van der Waals surface area (Å²) in [5, 5.41) is 7.00. The summed E-state index contributed by atoms with van der Waals surface area (Å²) in [6.07, 6.45) is 4.95. The highest BCUT2D eigenvalue weighted by molar-refractivity contribution is 14.0. The van der Waals surface area contributed by atoms with Crippen LogP contribution in [0.15, 0.2) is 4.99 Å². The molecule has 0 aromatic carbocycles. The Morgan fingerprint density at radius 3 is 2.10 bits per heavy atom. The number of aliphatic imine (C=N–C) groups is 1. The maximum absolute atomic E-state index is 12.5. The number of halogens is 1. The number of rotatable bonds is 10. The Labute approximate surface area is 196 Å². The van der Waals surface area contributed by atoms with Gasteiger partial charge in [0.05, 0.1) is 0 Å². The topological polar surface area (TPSA) is 60.0 Å². The summed E-state index contributed by atoms with van der Waals surface area (Å²) in [5.41, 5.74) is 0. The van der Waals surface area contributed by atoms with Crippen LogP contribution in [0.4, 0.5) is 0 Å². The Bertz CT molecular complexity index is 464. The highest BCUT2D eigenvalue weighted by Crippen LogP contribution is 2.17. The lowest BCUT2D eigenvalue weighted by molar-refractivity contribution is -0.136. The predicted molar refractivity (Wildman–Crippen MR) is 135 cm³/mol. The quantitative estimate of drug-likeness (QED) is 0.199. The van der Waals surface area contributed by atoms with E-state index in [0.29, 0.717) is 24.0 Å². The lowest BCUT2D eigenvalue weighted by atomic mass is 9.98. The van der Waals surface area contributed by atoms with Crippen molar-refractivity contribution in [3.05, 3.63) is 0 Å². The Balaban J connectivity index is 0.00000784. The third-order valence-electron chi connectivity index (χ3n) is 5.92. The zero-order valence-electron chi connectivity index (χ0n) is 19.8. The van der Waals surface area contributed by atoms with Gasteiger partial charge >= 0.3 is 0 Å². The number of carbonyl (C=O) groups is 1. The average molecular weight is 524 g/mol. The summed E-state index contributed by atoms with van der Waals surface area (Å²) in [6, 6.07) is 1.54. The smallest absolute Gasteiger partial charge is 0.225 e. The number of nitrogens with one attached hydrogen (secondary N) is 2. The van der Waals surface area contributed by atoms with Gasteiger partial charge in [-0.25, -0.2) is 0 Å². The summed E-state index contributed by atoms with van der Waals surface area (Å²) in [4.78, 5) is 21.5. The number of nitrogens with zero attached hydrogens (tertiary/aromatic N) is 3. The Morgan fingerprint density at radius 1 is 1.10 bits per heavy atom. The molecule has 172 valence electrons. The van der Waals surface area contributed by atoms with Gasteiger partial charge in [-0.2, -0.15) is 0 Å². The molecule has 6 nitrogen and oxygen atoms in total. The SMILES string of the molecule is CCC(CC)C(=O)N1CCC(NC(=NC)NCCCN(C(C)C)C(C)C)CC1.I. The molecule has 1 amide bonds. The van der Waals surface area contributed by atoms with E-state index in [-0.39, 0.29) is 29.9 Å². The monoisotopic (exact) mass is 523 g/mol. The molecule has 1 aliphatic rings. The van der Waals surface area contributed by atoms with Crippen molar-refractivity contribution in [1.82, 2.24) is 20.4 Å². The number of carbonyl (C=O) groups excluding carboxylic acids is 1. The number of hydrogen-bond donors (Lipinski definition) is 2. The van der Waals surface area contributed by atoms with Crippen LogP contribution in [-0.4, -0.2) is 73.0 Å². The van der Waals surface area contributed by atoms with Crippen molar-refractivity contribution in [3.8, 4) is 0 Å². The van der Waals surface area contributed by atoms with Gasteiger partial charge in [-0.05, 0) is 59.8 Å². The molecule has 1 rings (SSSR count). The first-order valence-electron chi connectivity index (χ1n) is 11.4. The Morgan fingerprint density at radius 2 is 1.66 bits per heavy atom. The molecule has 1 saturated heterocycles. The lowest BCUT2D eigenvalue weighted by Crippen LogP contribution is -2.51. The van der Waals surface area contributed by atoms with E-state index in [1.807, 2.05) is 7.05 Å². The second kappa shape index (κ2) is 15.3. The standard InChI is InChI=1S/C22H45N5O.HI/c1-8-19(9-2)21(28)26-15-11-20(12-16-26)25-22(23-7)24-13-10-14-27(17(3)4)18(5)6;/h17-20H,8-16H2,1-7H3,(H2,23,24,25);1H. The predicted octanol–water partition coefficient (Wildman–Crippen LogP) is 3.71. The number of piperidine rings is 1. The van der Waals surface area contributed by atoms with Crippen LogP contribution in [0.25, 0.3) is 0 Å². The third kappa shape index (κ3) is 9.85. The van der Waals surface area contributed by atoms with Crippen molar-refractivity contribution < 1.29 is 4.79 Å². The minimum atomic E-state index is 0. The molecule has 1 fully saturated rings. The van der Waals surface area contributed by atoms with Crippen molar-refractivity contribution in [2.45, 2.75) is 91.8 Å². The molecule has 29 heavy (non-hydrogen) atoms. The van der Waals surface area contributed by atoms with E-state index < -0.39 is 0 Å². The van der Waals surface area contributed by atoms with E-state index in [0.717, 1.165) is 64.2 Å². The van der Waals surface area contributed by atoms with Gasteiger partial charge in [0, 0.05) is 57.3 Å². The van der Waals surface area contributed by atoms with Crippen molar-refractivity contribution in [2.24, 2.45) is 10.9 Å². The first-order valence-corrected chi connectivity index (χ1v) is 11.4. The van der Waals surface area contributed by atoms with Crippen molar-refractivity contribution in [3.63, 3.8) is 0 Å².